The van der Waals surface area contributed by atoms with E-state index in [1.807, 2.05) is 31.2 Å². The predicted molar refractivity (Wildman–Crippen MR) is 168 cm³/mol. The Morgan fingerprint density at radius 1 is 0.930 bits per heavy atom. The highest BCUT2D eigenvalue weighted by atomic mass is 16.6. The van der Waals surface area contributed by atoms with Gasteiger partial charge in [0.2, 0.25) is 11.9 Å². The van der Waals surface area contributed by atoms with Gasteiger partial charge in [0, 0.05) is 54.6 Å². The van der Waals surface area contributed by atoms with Crippen LogP contribution in [-0.4, -0.2) is 63.5 Å². The molecule has 2 aromatic carbocycles. The summed E-state index contributed by atoms with van der Waals surface area (Å²) in [6.07, 6.45) is 5.22. The number of hydrogen-bond acceptors (Lipinski definition) is 9. The number of aromatic nitrogens is 3. The molecule has 224 valence electrons. The zero-order valence-electron chi connectivity index (χ0n) is 24.9. The molecule has 0 spiro atoms. The van der Waals surface area contributed by atoms with Crippen molar-refractivity contribution >= 4 is 57.5 Å². The molecule has 3 amide bonds. The van der Waals surface area contributed by atoms with E-state index in [2.05, 4.69) is 36.2 Å². The van der Waals surface area contributed by atoms with Crippen molar-refractivity contribution in [3.63, 3.8) is 0 Å². The van der Waals surface area contributed by atoms with Gasteiger partial charge >= 0.3 is 6.09 Å². The molecule has 12 heteroatoms. The summed E-state index contributed by atoms with van der Waals surface area (Å²) >= 11 is 0. The van der Waals surface area contributed by atoms with Gasteiger partial charge in [-0.05, 0) is 69.0 Å². The topological polar surface area (TPSA) is 150 Å². The Morgan fingerprint density at radius 3 is 2.44 bits per heavy atom. The Labute approximate surface area is 250 Å². The van der Waals surface area contributed by atoms with Crippen LogP contribution in [0.1, 0.15) is 44.5 Å². The first kappa shape index (κ1) is 30.7. The average molecular weight is 585 g/mol. The normalized spacial score (nSPS) is 11.0. The molecule has 4 N–H and O–H groups in total. The van der Waals surface area contributed by atoms with E-state index in [4.69, 9.17) is 4.74 Å². The number of hydrogen-bond donors (Lipinski definition) is 4. The van der Waals surface area contributed by atoms with Crippen molar-refractivity contribution in [2.24, 2.45) is 0 Å². The standard InChI is InChI=1S/C31H36N8O4/c1-6-13-33-27-25(18-34-29(38-27)37-24-11-10-21-17-32-14-12-20(21)15-24)28(41)36-23-9-7-8-22(16-23)35-26(40)19-39(5)30(42)43-31(2,3)4/h7-12,14-18H,6,13,19H2,1-5H3,(H,35,40)(H,36,41)(H2,33,34,37,38). The Morgan fingerprint density at radius 2 is 1.70 bits per heavy atom. The van der Waals surface area contributed by atoms with Crippen LogP contribution in [0.3, 0.4) is 0 Å². The number of benzene rings is 2. The SMILES string of the molecule is CCCNc1nc(Nc2ccc3cnccc3c2)ncc1C(=O)Nc1cccc(NC(=O)CN(C)C(=O)OC(C)(C)C)c1. The van der Waals surface area contributed by atoms with Crippen molar-refractivity contribution < 1.29 is 19.1 Å². The number of nitrogens with one attached hydrogen (secondary N) is 4. The fourth-order valence-corrected chi connectivity index (χ4v) is 3.97. The molecule has 2 heterocycles. The number of rotatable bonds is 10. The van der Waals surface area contributed by atoms with E-state index < -0.39 is 23.5 Å². The Bertz CT molecular complexity index is 1620. The van der Waals surface area contributed by atoms with Gasteiger partial charge in [-0.3, -0.25) is 14.6 Å². The van der Waals surface area contributed by atoms with Crippen LogP contribution in [0.15, 0.2) is 67.1 Å². The second-order valence-corrected chi connectivity index (χ2v) is 10.9. The lowest BCUT2D eigenvalue weighted by Crippen LogP contribution is -2.38. The van der Waals surface area contributed by atoms with Gasteiger partial charge in [-0.1, -0.05) is 19.1 Å². The number of pyridine rings is 1. The molecule has 4 rings (SSSR count). The van der Waals surface area contributed by atoms with E-state index in [1.54, 1.807) is 57.4 Å². The molecule has 0 aliphatic heterocycles. The van der Waals surface area contributed by atoms with Crippen LogP contribution in [0.2, 0.25) is 0 Å². The lowest BCUT2D eigenvalue weighted by Gasteiger charge is -2.24. The average Bonchev–Trinajstić information content (AvgIpc) is 2.95. The molecule has 0 saturated heterocycles. The van der Waals surface area contributed by atoms with E-state index in [1.165, 1.54) is 18.1 Å². The molecule has 2 aromatic heterocycles. The van der Waals surface area contributed by atoms with Gasteiger partial charge in [0.15, 0.2) is 0 Å². The number of carbonyl (C=O) groups is 3. The fraction of sp³-hybridized carbons (Fsp3) is 0.290. The van der Waals surface area contributed by atoms with Gasteiger partial charge in [0.05, 0.1) is 0 Å². The summed E-state index contributed by atoms with van der Waals surface area (Å²) in [6, 6.07) is 14.5. The molecular weight excluding hydrogens is 548 g/mol. The summed E-state index contributed by atoms with van der Waals surface area (Å²) < 4.78 is 5.28. The number of carbonyl (C=O) groups excluding carboxylic acids is 3. The van der Waals surface area contributed by atoms with E-state index in [9.17, 15) is 14.4 Å². The van der Waals surface area contributed by atoms with Crippen molar-refractivity contribution in [1.82, 2.24) is 19.9 Å². The zero-order chi connectivity index (χ0) is 31.0. The molecule has 0 aliphatic carbocycles. The van der Waals surface area contributed by atoms with Crippen LogP contribution in [0.4, 0.5) is 33.6 Å². The van der Waals surface area contributed by atoms with E-state index >= 15 is 0 Å². The Balaban J connectivity index is 1.43. The second kappa shape index (κ2) is 13.6. The number of fused-ring (bicyclic) bond motifs is 1. The number of anilines is 5. The third-order valence-electron chi connectivity index (χ3n) is 5.96. The highest BCUT2D eigenvalue weighted by Gasteiger charge is 2.21. The van der Waals surface area contributed by atoms with Crippen molar-refractivity contribution in [2.75, 3.05) is 41.4 Å². The summed E-state index contributed by atoms with van der Waals surface area (Å²) in [7, 11) is 1.48. The first-order chi connectivity index (χ1) is 20.5. The largest absolute Gasteiger partial charge is 0.444 e. The summed E-state index contributed by atoms with van der Waals surface area (Å²) in [6.45, 7) is 7.68. The fourth-order valence-electron chi connectivity index (χ4n) is 3.97. The molecule has 0 saturated carbocycles. The summed E-state index contributed by atoms with van der Waals surface area (Å²) in [4.78, 5) is 52.2. The van der Waals surface area contributed by atoms with Crippen LogP contribution in [0, 0.1) is 0 Å². The maximum Gasteiger partial charge on any atom is 0.410 e. The van der Waals surface area contributed by atoms with Gasteiger partial charge < -0.3 is 30.9 Å². The Kier molecular flexibility index (Phi) is 9.71. The first-order valence-electron chi connectivity index (χ1n) is 13.9. The minimum atomic E-state index is -0.669. The smallest absolute Gasteiger partial charge is 0.410 e. The number of ether oxygens (including phenoxy) is 1. The van der Waals surface area contributed by atoms with Gasteiger partial charge in [-0.25, -0.2) is 9.78 Å². The number of nitrogens with zero attached hydrogens (tertiary/aromatic N) is 4. The van der Waals surface area contributed by atoms with Gasteiger partial charge in [-0.2, -0.15) is 4.98 Å². The highest BCUT2D eigenvalue weighted by molar-refractivity contribution is 6.07. The molecule has 43 heavy (non-hydrogen) atoms. The minimum Gasteiger partial charge on any atom is -0.444 e. The van der Waals surface area contributed by atoms with Crippen molar-refractivity contribution in [3.8, 4) is 0 Å². The monoisotopic (exact) mass is 584 g/mol. The predicted octanol–water partition coefficient (Wildman–Crippen LogP) is 5.65. The zero-order valence-corrected chi connectivity index (χ0v) is 24.9. The molecule has 0 bridgehead atoms. The molecule has 0 aliphatic rings. The quantitative estimate of drug-likeness (QED) is 0.185. The van der Waals surface area contributed by atoms with E-state index in [0.29, 0.717) is 29.7 Å². The van der Waals surface area contributed by atoms with Crippen molar-refractivity contribution in [1.29, 1.82) is 0 Å². The van der Waals surface area contributed by atoms with Gasteiger partial charge in [0.1, 0.15) is 23.5 Å². The van der Waals surface area contributed by atoms with Crippen LogP contribution in [0.25, 0.3) is 10.8 Å². The molecule has 12 nitrogen and oxygen atoms in total. The molecule has 0 fully saturated rings. The molecule has 0 unspecified atom stereocenters. The Hall–Kier alpha value is -5.26. The number of likely N-dealkylation sites (N-methyl/N-ethyl adjacent to an activating group) is 1. The third kappa shape index (κ3) is 8.86. The first-order valence-corrected chi connectivity index (χ1v) is 13.9. The second-order valence-electron chi connectivity index (χ2n) is 10.9. The maximum absolute atomic E-state index is 13.3. The van der Waals surface area contributed by atoms with Gasteiger partial charge in [0.25, 0.3) is 5.91 Å². The highest BCUT2D eigenvalue weighted by Crippen LogP contribution is 2.23. The van der Waals surface area contributed by atoms with Crippen molar-refractivity contribution in [2.45, 2.75) is 39.7 Å². The summed E-state index contributed by atoms with van der Waals surface area (Å²) in [5.74, 6) is -0.111. The van der Waals surface area contributed by atoms with E-state index in [-0.39, 0.29) is 12.1 Å². The van der Waals surface area contributed by atoms with E-state index in [0.717, 1.165) is 22.9 Å². The molecule has 0 atom stereocenters. The maximum atomic E-state index is 13.3. The van der Waals surface area contributed by atoms with Crippen LogP contribution < -0.4 is 21.3 Å². The van der Waals surface area contributed by atoms with Crippen LogP contribution in [-0.2, 0) is 9.53 Å². The lowest BCUT2D eigenvalue weighted by molar-refractivity contribution is -0.117. The summed E-state index contributed by atoms with van der Waals surface area (Å²) in [5.41, 5.74) is 1.30. The van der Waals surface area contributed by atoms with Crippen molar-refractivity contribution in [3.05, 3.63) is 72.7 Å². The molecule has 0 radical (unpaired) electrons. The lowest BCUT2D eigenvalue weighted by atomic mass is 10.1. The third-order valence-corrected chi connectivity index (χ3v) is 5.96. The number of amides is 3. The minimum absolute atomic E-state index is 0.202. The summed E-state index contributed by atoms with van der Waals surface area (Å²) in [5, 5.41) is 14.0. The molecular formula is C31H36N8O4. The van der Waals surface area contributed by atoms with Crippen LogP contribution in [0.5, 0.6) is 0 Å². The van der Waals surface area contributed by atoms with Crippen LogP contribution >= 0.6 is 0 Å². The molecule has 4 aromatic rings. The van der Waals surface area contributed by atoms with Gasteiger partial charge in [-0.15, -0.1) is 0 Å².